The maximum atomic E-state index is 3.57. The molecule has 0 saturated carbocycles. The van der Waals surface area contributed by atoms with Crippen molar-refractivity contribution in [1.82, 2.24) is 15.1 Å². The number of hydrogen-bond donors (Lipinski definition) is 1. The first kappa shape index (κ1) is 17.9. The largest absolute Gasteiger partial charge is 0.315 e. The predicted octanol–water partition coefficient (Wildman–Crippen LogP) is 2.82. The highest BCUT2D eigenvalue weighted by molar-refractivity contribution is 4.80. The summed E-state index contributed by atoms with van der Waals surface area (Å²) in [6.07, 6.45) is 4.02. The molecule has 0 aromatic heterocycles. The van der Waals surface area contributed by atoms with E-state index in [1.807, 2.05) is 0 Å². The highest BCUT2D eigenvalue weighted by Crippen LogP contribution is 2.16. The van der Waals surface area contributed by atoms with Crippen LogP contribution in [-0.2, 0) is 0 Å². The number of nitrogens with one attached hydrogen (secondary N) is 1. The van der Waals surface area contributed by atoms with Crippen molar-refractivity contribution in [2.75, 3.05) is 39.3 Å². The van der Waals surface area contributed by atoms with Crippen molar-refractivity contribution < 1.29 is 0 Å². The number of likely N-dealkylation sites (N-methyl/N-ethyl adjacent to an activating group) is 1. The standard InChI is InChI=1S/C17H37N3/c1-6-8-17(9-10-18-15(3)4)14-19-11-12-20(7-2)16(5)13-19/h15-18H,6-14H2,1-5H3. The molecule has 2 unspecified atom stereocenters. The van der Waals surface area contributed by atoms with E-state index in [2.05, 4.69) is 49.7 Å². The zero-order valence-electron chi connectivity index (χ0n) is 14.5. The van der Waals surface area contributed by atoms with E-state index in [9.17, 15) is 0 Å². The van der Waals surface area contributed by atoms with E-state index in [-0.39, 0.29) is 0 Å². The van der Waals surface area contributed by atoms with E-state index in [4.69, 9.17) is 0 Å². The Morgan fingerprint density at radius 1 is 1.15 bits per heavy atom. The van der Waals surface area contributed by atoms with Crippen molar-refractivity contribution in [3.05, 3.63) is 0 Å². The van der Waals surface area contributed by atoms with Gasteiger partial charge in [0.15, 0.2) is 0 Å². The number of nitrogens with zero attached hydrogens (tertiary/aromatic N) is 2. The molecule has 0 spiro atoms. The van der Waals surface area contributed by atoms with Crippen molar-refractivity contribution in [3.63, 3.8) is 0 Å². The van der Waals surface area contributed by atoms with Crippen LogP contribution in [0.25, 0.3) is 0 Å². The highest BCUT2D eigenvalue weighted by Gasteiger charge is 2.23. The van der Waals surface area contributed by atoms with Gasteiger partial charge < -0.3 is 10.2 Å². The SMILES string of the molecule is CCCC(CCNC(C)C)CN1CCN(CC)C(C)C1. The molecule has 1 fully saturated rings. The van der Waals surface area contributed by atoms with Crippen molar-refractivity contribution in [2.24, 2.45) is 5.92 Å². The minimum atomic E-state index is 0.616. The summed E-state index contributed by atoms with van der Waals surface area (Å²) in [6, 6.07) is 1.34. The first-order valence-corrected chi connectivity index (χ1v) is 8.76. The zero-order valence-corrected chi connectivity index (χ0v) is 14.5. The fourth-order valence-corrected chi connectivity index (χ4v) is 3.38. The summed E-state index contributed by atoms with van der Waals surface area (Å²) >= 11 is 0. The van der Waals surface area contributed by atoms with E-state index < -0.39 is 0 Å². The lowest BCUT2D eigenvalue weighted by atomic mass is 9.98. The lowest BCUT2D eigenvalue weighted by Gasteiger charge is -2.40. The summed E-state index contributed by atoms with van der Waals surface area (Å²) in [7, 11) is 0. The van der Waals surface area contributed by atoms with Crippen LogP contribution in [0.3, 0.4) is 0 Å². The summed E-state index contributed by atoms with van der Waals surface area (Å²) < 4.78 is 0. The monoisotopic (exact) mass is 283 g/mol. The molecule has 1 N–H and O–H groups in total. The third-order valence-corrected chi connectivity index (χ3v) is 4.57. The average molecular weight is 284 g/mol. The van der Waals surface area contributed by atoms with Crippen molar-refractivity contribution >= 4 is 0 Å². The second-order valence-corrected chi connectivity index (χ2v) is 6.79. The Labute approximate surface area is 127 Å². The summed E-state index contributed by atoms with van der Waals surface area (Å²) in [5, 5.41) is 3.57. The van der Waals surface area contributed by atoms with Crippen LogP contribution in [0.5, 0.6) is 0 Å². The van der Waals surface area contributed by atoms with E-state index >= 15 is 0 Å². The van der Waals surface area contributed by atoms with Gasteiger partial charge >= 0.3 is 0 Å². The van der Waals surface area contributed by atoms with Gasteiger partial charge in [-0.05, 0) is 38.8 Å². The second kappa shape index (κ2) is 9.75. The molecule has 0 aromatic carbocycles. The van der Waals surface area contributed by atoms with Crippen molar-refractivity contribution in [2.45, 2.75) is 66.0 Å². The Morgan fingerprint density at radius 3 is 2.45 bits per heavy atom. The van der Waals surface area contributed by atoms with Gasteiger partial charge in [-0.3, -0.25) is 4.90 Å². The summed E-state index contributed by atoms with van der Waals surface area (Å²) in [6.45, 7) is 18.9. The summed E-state index contributed by atoms with van der Waals surface area (Å²) in [5.41, 5.74) is 0. The van der Waals surface area contributed by atoms with Crippen molar-refractivity contribution in [3.8, 4) is 0 Å². The fourth-order valence-electron chi connectivity index (χ4n) is 3.38. The summed E-state index contributed by atoms with van der Waals surface area (Å²) in [5.74, 6) is 0.867. The molecule has 0 aromatic rings. The van der Waals surface area contributed by atoms with Gasteiger partial charge in [0.1, 0.15) is 0 Å². The molecule has 1 heterocycles. The quantitative estimate of drug-likeness (QED) is 0.702. The van der Waals surface area contributed by atoms with E-state index in [0.29, 0.717) is 6.04 Å². The number of piperazine rings is 1. The van der Waals surface area contributed by atoms with E-state index in [1.54, 1.807) is 0 Å². The molecule has 1 aliphatic heterocycles. The normalized spacial score (nSPS) is 23.4. The van der Waals surface area contributed by atoms with Gasteiger partial charge in [0.2, 0.25) is 0 Å². The van der Waals surface area contributed by atoms with Gasteiger partial charge in [0, 0.05) is 38.3 Å². The fraction of sp³-hybridized carbons (Fsp3) is 1.00. The molecule has 0 aliphatic carbocycles. The Kier molecular flexibility index (Phi) is 8.74. The van der Waals surface area contributed by atoms with Crippen molar-refractivity contribution in [1.29, 1.82) is 0 Å². The lowest BCUT2D eigenvalue weighted by Crippen LogP contribution is -2.52. The Hall–Kier alpha value is -0.120. The van der Waals surface area contributed by atoms with Crippen LogP contribution in [-0.4, -0.2) is 61.2 Å². The van der Waals surface area contributed by atoms with Crippen LogP contribution in [0.4, 0.5) is 0 Å². The predicted molar refractivity (Wildman–Crippen MR) is 89.3 cm³/mol. The van der Waals surface area contributed by atoms with Crippen LogP contribution >= 0.6 is 0 Å². The van der Waals surface area contributed by atoms with Gasteiger partial charge in [0.25, 0.3) is 0 Å². The Bertz CT molecular complexity index is 242. The average Bonchev–Trinajstić information content (AvgIpc) is 2.38. The molecule has 0 amide bonds. The highest BCUT2D eigenvalue weighted by atomic mass is 15.3. The van der Waals surface area contributed by atoms with Gasteiger partial charge in [-0.1, -0.05) is 34.1 Å². The molecular weight excluding hydrogens is 246 g/mol. The second-order valence-electron chi connectivity index (χ2n) is 6.79. The van der Waals surface area contributed by atoms with E-state index in [1.165, 1.54) is 58.5 Å². The molecule has 3 heteroatoms. The third-order valence-electron chi connectivity index (χ3n) is 4.57. The van der Waals surface area contributed by atoms with Gasteiger partial charge in [-0.25, -0.2) is 0 Å². The zero-order chi connectivity index (χ0) is 15.0. The van der Waals surface area contributed by atoms with E-state index in [0.717, 1.165) is 12.0 Å². The minimum Gasteiger partial charge on any atom is -0.315 e. The maximum Gasteiger partial charge on any atom is 0.0195 e. The van der Waals surface area contributed by atoms with Crippen LogP contribution in [0.2, 0.25) is 0 Å². The molecule has 1 rings (SSSR count). The molecule has 20 heavy (non-hydrogen) atoms. The van der Waals surface area contributed by atoms with Gasteiger partial charge in [-0.2, -0.15) is 0 Å². The number of rotatable bonds is 9. The molecule has 2 atom stereocenters. The molecule has 0 bridgehead atoms. The van der Waals surface area contributed by atoms with Crippen LogP contribution in [0, 0.1) is 5.92 Å². The third kappa shape index (κ3) is 6.55. The summed E-state index contributed by atoms with van der Waals surface area (Å²) in [4.78, 5) is 5.30. The van der Waals surface area contributed by atoms with Gasteiger partial charge in [0.05, 0.1) is 0 Å². The van der Waals surface area contributed by atoms with Crippen LogP contribution in [0.15, 0.2) is 0 Å². The first-order chi connectivity index (χ1) is 9.56. The van der Waals surface area contributed by atoms with Gasteiger partial charge in [-0.15, -0.1) is 0 Å². The topological polar surface area (TPSA) is 18.5 Å². The lowest BCUT2D eigenvalue weighted by molar-refractivity contribution is 0.0747. The smallest absolute Gasteiger partial charge is 0.0195 e. The minimum absolute atomic E-state index is 0.616. The van der Waals surface area contributed by atoms with Crippen LogP contribution in [0.1, 0.15) is 53.9 Å². The Morgan fingerprint density at radius 2 is 1.90 bits per heavy atom. The Balaban J connectivity index is 2.33. The molecule has 0 radical (unpaired) electrons. The number of hydrogen-bond acceptors (Lipinski definition) is 3. The first-order valence-electron chi connectivity index (χ1n) is 8.76. The van der Waals surface area contributed by atoms with Crippen LogP contribution < -0.4 is 5.32 Å². The molecule has 120 valence electrons. The molecule has 1 aliphatic rings. The maximum absolute atomic E-state index is 3.57. The molecule has 1 saturated heterocycles. The molecular formula is C17H37N3. The molecule has 3 nitrogen and oxygen atoms in total.